The van der Waals surface area contributed by atoms with Crippen LogP contribution in [0.2, 0.25) is 0 Å². The molecule has 0 atom stereocenters. The Bertz CT molecular complexity index is 1040. The Morgan fingerprint density at radius 1 is 0.935 bits per heavy atom. The largest absolute Gasteiger partial charge is 0.392 e. The Kier molecular flexibility index (Phi) is 5.18. The SMILES string of the molecule is Cc1ccc(-c2cc(C3(O)CCC4(CC3)OCCO4)nn2-c2ccc(CO)cc2)cc1. The van der Waals surface area contributed by atoms with E-state index >= 15 is 0 Å². The zero-order chi connectivity index (χ0) is 21.5. The van der Waals surface area contributed by atoms with Gasteiger partial charge in [0.25, 0.3) is 0 Å². The molecule has 6 nitrogen and oxygen atoms in total. The number of aromatic nitrogens is 2. The summed E-state index contributed by atoms with van der Waals surface area (Å²) in [7, 11) is 0. The zero-order valence-corrected chi connectivity index (χ0v) is 17.8. The number of hydrogen-bond acceptors (Lipinski definition) is 5. The third-order valence-corrected chi connectivity index (χ3v) is 6.55. The van der Waals surface area contributed by atoms with Crippen LogP contribution in [0.1, 0.15) is 42.5 Å². The van der Waals surface area contributed by atoms with Crippen molar-refractivity contribution in [1.29, 1.82) is 0 Å². The van der Waals surface area contributed by atoms with Crippen molar-refractivity contribution in [3.63, 3.8) is 0 Å². The van der Waals surface area contributed by atoms with Crippen molar-refractivity contribution in [2.75, 3.05) is 13.2 Å². The zero-order valence-electron chi connectivity index (χ0n) is 17.8. The van der Waals surface area contributed by atoms with E-state index < -0.39 is 11.4 Å². The molecule has 1 spiro atoms. The molecule has 1 saturated carbocycles. The minimum atomic E-state index is -1.02. The van der Waals surface area contributed by atoms with Gasteiger partial charge in [-0.3, -0.25) is 0 Å². The normalized spacial score (nSPS) is 19.7. The van der Waals surface area contributed by atoms with E-state index in [-0.39, 0.29) is 6.61 Å². The third-order valence-electron chi connectivity index (χ3n) is 6.55. The van der Waals surface area contributed by atoms with E-state index in [1.165, 1.54) is 5.56 Å². The number of rotatable bonds is 4. The molecule has 1 aliphatic carbocycles. The lowest BCUT2D eigenvalue weighted by Gasteiger charge is -2.39. The van der Waals surface area contributed by atoms with Gasteiger partial charge in [-0.15, -0.1) is 0 Å². The molecular weight excluding hydrogens is 392 g/mol. The fourth-order valence-corrected chi connectivity index (χ4v) is 4.56. The maximum atomic E-state index is 11.5. The number of nitrogens with zero attached hydrogens (tertiary/aromatic N) is 2. The van der Waals surface area contributed by atoms with E-state index in [9.17, 15) is 10.2 Å². The molecule has 1 aromatic heterocycles. The van der Waals surface area contributed by atoms with Crippen molar-refractivity contribution in [2.45, 2.75) is 50.6 Å². The summed E-state index contributed by atoms with van der Waals surface area (Å²) in [5.74, 6) is -0.533. The summed E-state index contributed by atoms with van der Waals surface area (Å²) in [4.78, 5) is 0. The van der Waals surface area contributed by atoms with Gasteiger partial charge in [-0.1, -0.05) is 42.0 Å². The van der Waals surface area contributed by atoms with E-state index in [4.69, 9.17) is 14.6 Å². The molecule has 0 unspecified atom stereocenters. The van der Waals surface area contributed by atoms with Crippen LogP contribution in [0, 0.1) is 6.92 Å². The molecule has 0 bridgehead atoms. The fraction of sp³-hybridized carbons (Fsp3) is 0.400. The maximum absolute atomic E-state index is 11.5. The molecule has 6 heteroatoms. The summed E-state index contributed by atoms with van der Waals surface area (Å²) in [6.45, 7) is 3.30. The van der Waals surface area contributed by atoms with Gasteiger partial charge in [-0.2, -0.15) is 5.10 Å². The predicted octanol–water partition coefficient (Wildman–Crippen LogP) is 3.84. The molecule has 162 valence electrons. The minimum absolute atomic E-state index is 0.00109. The van der Waals surface area contributed by atoms with Gasteiger partial charge in [0.2, 0.25) is 0 Å². The lowest BCUT2D eigenvalue weighted by molar-refractivity contribution is -0.204. The van der Waals surface area contributed by atoms with Crippen molar-refractivity contribution in [2.24, 2.45) is 0 Å². The average molecular weight is 421 g/mol. The molecule has 3 aromatic rings. The van der Waals surface area contributed by atoms with Crippen LogP contribution in [-0.4, -0.2) is 39.0 Å². The van der Waals surface area contributed by atoms with E-state index in [1.54, 1.807) is 0 Å². The lowest BCUT2D eigenvalue weighted by Crippen LogP contribution is -2.42. The van der Waals surface area contributed by atoms with Crippen molar-refractivity contribution in [3.05, 3.63) is 71.4 Å². The highest BCUT2D eigenvalue weighted by Crippen LogP contribution is 2.45. The first-order valence-electron chi connectivity index (χ1n) is 10.9. The van der Waals surface area contributed by atoms with Gasteiger partial charge in [0.1, 0.15) is 5.60 Å². The Balaban J connectivity index is 1.53. The summed E-state index contributed by atoms with van der Waals surface area (Å²) < 4.78 is 13.5. The molecule has 31 heavy (non-hydrogen) atoms. The Labute approximate surface area is 182 Å². The molecule has 2 aliphatic rings. The summed E-state index contributed by atoms with van der Waals surface area (Å²) in [6, 6.07) is 18.0. The first kappa shape index (κ1) is 20.4. The average Bonchev–Trinajstić information content (AvgIpc) is 3.45. The number of aryl methyl sites for hydroxylation is 1. The van der Waals surface area contributed by atoms with Crippen LogP contribution in [-0.2, 0) is 21.7 Å². The van der Waals surface area contributed by atoms with Gasteiger partial charge in [0.15, 0.2) is 5.79 Å². The monoisotopic (exact) mass is 420 g/mol. The minimum Gasteiger partial charge on any atom is -0.392 e. The molecule has 2 heterocycles. The topological polar surface area (TPSA) is 76.7 Å². The molecule has 5 rings (SSSR count). The van der Waals surface area contributed by atoms with Crippen LogP contribution in [0.5, 0.6) is 0 Å². The molecule has 0 amide bonds. The number of aliphatic hydroxyl groups excluding tert-OH is 1. The van der Waals surface area contributed by atoms with Crippen LogP contribution in [0.3, 0.4) is 0 Å². The van der Waals surface area contributed by atoms with Crippen molar-refractivity contribution < 1.29 is 19.7 Å². The number of ether oxygens (including phenoxy) is 2. The quantitative estimate of drug-likeness (QED) is 0.671. The van der Waals surface area contributed by atoms with Gasteiger partial charge in [0, 0.05) is 18.4 Å². The summed E-state index contributed by atoms with van der Waals surface area (Å²) in [5, 5.41) is 25.8. The van der Waals surface area contributed by atoms with E-state index in [0.29, 0.717) is 44.6 Å². The summed E-state index contributed by atoms with van der Waals surface area (Å²) >= 11 is 0. The first-order valence-corrected chi connectivity index (χ1v) is 10.9. The highest BCUT2D eigenvalue weighted by Gasteiger charge is 2.47. The second-order valence-electron chi connectivity index (χ2n) is 8.66. The molecule has 1 saturated heterocycles. The van der Waals surface area contributed by atoms with Gasteiger partial charge in [-0.05, 0) is 43.5 Å². The fourth-order valence-electron chi connectivity index (χ4n) is 4.56. The van der Waals surface area contributed by atoms with Gasteiger partial charge in [-0.25, -0.2) is 4.68 Å². The van der Waals surface area contributed by atoms with Crippen LogP contribution >= 0.6 is 0 Å². The number of benzene rings is 2. The lowest BCUT2D eigenvalue weighted by atomic mass is 9.79. The Hall–Kier alpha value is -2.51. The van der Waals surface area contributed by atoms with Crippen molar-refractivity contribution in [3.8, 4) is 16.9 Å². The molecular formula is C25H28N2O4. The highest BCUT2D eigenvalue weighted by atomic mass is 16.7. The van der Waals surface area contributed by atoms with Gasteiger partial charge < -0.3 is 19.7 Å². The molecule has 1 aliphatic heterocycles. The highest BCUT2D eigenvalue weighted by molar-refractivity contribution is 5.63. The van der Waals surface area contributed by atoms with E-state index in [0.717, 1.165) is 22.5 Å². The second-order valence-corrected chi connectivity index (χ2v) is 8.66. The molecule has 0 radical (unpaired) electrons. The summed E-state index contributed by atoms with van der Waals surface area (Å²) in [5.41, 5.74) is 4.54. The van der Waals surface area contributed by atoms with Crippen molar-refractivity contribution >= 4 is 0 Å². The van der Waals surface area contributed by atoms with E-state index in [1.807, 2.05) is 35.0 Å². The van der Waals surface area contributed by atoms with Gasteiger partial charge in [0.05, 0.1) is 36.9 Å². The predicted molar refractivity (Wildman–Crippen MR) is 117 cm³/mol. The maximum Gasteiger partial charge on any atom is 0.168 e. The first-order chi connectivity index (χ1) is 15.0. The van der Waals surface area contributed by atoms with Crippen LogP contribution in [0.4, 0.5) is 0 Å². The summed E-state index contributed by atoms with van der Waals surface area (Å²) in [6.07, 6.45) is 2.39. The number of aliphatic hydroxyl groups is 2. The van der Waals surface area contributed by atoms with Gasteiger partial charge >= 0.3 is 0 Å². The Morgan fingerprint density at radius 2 is 1.58 bits per heavy atom. The Morgan fingerprint density at radius 3 is 2.19 bits per heavy atom. The molecule has 2 N–H and O–H groups in total. The third kappa shape index (κ3) is 3.81. The smallest absolute Gasteiger partial charge is 0.168 e. The van der Waals surface area contributed by atoms with E-state index in [2.05, 4.69) is 31.2 Å². The van der Waals surface area contributed by atoms with Crippen LogP contribution in [0.15, 0.2) is 54.6 Å². The van der Waals surface area contributed by atoms with Crippen LogP contribution < -0.4 is 0 Å². The standard InChI is InChI=1S/C25H28N2O4/c1-18-2-6-20(7-3-18)22-16-23(26-27(22)21-8-4-19(17-28)5-9-21)24(29)10-12-25(13-11-24)30-14-15-31-25/h2-9,16,28-29H,10-15,17H2,1H3. The molecule has 2 aromatic carbocycles. The van der Waals surface area contributed by atoms with Crippen LogP contribution in [0.25, 0.3) is 16.9 Å². The second kappa shape index (κ2) is 7.88. The number of hydrogen-bond donors (Lipinski definition) is 2. The van der Waals surface area contributed by atoms with Crippen molar-refractivity contribution in [1.82, 2.24) is 9.78 Å². The molecule has 2 fully saturated rings.